The fourth-order valence-electron chi connectivity index (χ4n) is 3.68. The fraction of sp³-hybridized carbons (Fsp3) is 0.241. The average Bonchev–Trinajstić information content (AvgIpc) is 2.93. The molecular formula is C29H32KN3O6S. The second-order valence-electron chi connectivity index (χ2n) is 9.60. The van der Waals surface area contributed by atoms with Gasteiger partial charge in [-0.2, -0.15) is 4.98 Å². The summed E-state index contributed by atoms with van der Waals surface area (Å²) in [5, 5.41) is 9.42. The minimum absolute atomic E-state index is 0. The van der Waals surface area contributed by atoms with Crippen molar-refractivity contribution in [1.29, 1.82) is 0 Å². The molecule has 0 aliphatic rings. The Kier molecular flexibility index (Phi) is 11.1. The van der Waals surface area contributed by atoms with Gasteiger partial charge in [0.2, 0.25) is 5.75 Å². The number of hydrogen-bond donors (Lipinski definition) is 2. The van der Waals surface area contributed by atoms with Crippen molar-refractivity contribution in [2.75, 3.05) is 25.0 Å². The van der Waals surface area contributed by atoms with Crippen molar-refractivity contribution in [3.05, 3.63) is 84.4 Å². The molecule has 0 spiro atoms. The van der Waals surface area contributed by atoms with Gasteiger partial charge in [-0.05, 0) is 35.2 Å². The molecule has 0 saturated carbocycles. The Bertz CT molecular complexity index is 1530. The second-order valence-corrected chi connectivity index (χ2v) is 11.3. The number of aromatic nitrogens is 2. The zero-order valence-corrected chi connectivity index (χ0v) is 27.2. The minimum atomic E-state index is -4.10. The van der Waals surface area contributed by atoms with Crippen molar-refractivity contribution in [3.63, 3.8) is 0 Å². The topological polar surface area (TPSA) is 120 Å². The number of nitrogens with zero attached hydrogens (tertiary/aromatic N) is 2. The van der Waals surface area contributed by atoms with Gasteiger partial charge in [0, 0.05) is 5.56 Å². The molecule has 0 saturated heterocycles. The van der Waals surface area contributed by atoms with Gasteiger partial charge in [0.1, 0.15) is 6.61 Å². The van der Waals surface area contributed by atoms with Crippen LogP contribution in [0.15, 0.2) is 83.8 Å². The van der Waals surface area contributed by atoms with E-state index in [1.165, 1.54) is 7.11 Å². The molecule has 1 heterocycles. The Morgan fingerprint density at radius 1 is 0.900 bits per heavy atom. The first-order valence-electron chi connectivity index (χ1n) is 12.3. The zero-order chi connectivity index (χ0) is 28.0. The van der Waals surface area contributed by atoms with Crippen molar-refractivity contribution in [3.8, 4) is 34.5 Å². The van der Waals surface area contributed by atoms with Gasteiger partial charge in [0.15, 0.2) is 23.1 Å². The summed E-state index contributed by atoms with van der Waals surface area (Å²) in [5.41, 5.74) is 1.49. The van der Waals surface area contributed by atoms with Gasteiger partial charge in [-0.3, -0.25) is 4.72 Å². The summed E-state index contributed by atoms with van der Waals surface area (Å²) in [4.78, 5) is 9.06. The van der Waals surface area contributed by atoms with Gasteiger partial charge in [-0.1, -0.05) is 75.4 Å². The molecule has 0 amide bonds. The summed E-state index contributed by atoms with van der Waals surface area (Å²) in [6, 6.07) is 22.6. The van der Waals surface area contributed by atoms with Crippen LogP contribution in [0.25, 0.3) is 11.4 Å². The molecule has 4 rings (SSSR count). The van der Waals surface area contributed by atoms with E-state index in [1.807, 2.05) is 18.2 Å². The number of ether oxygens (including phenoxy) is 3. The third-order valence-electron chi connectivity index (χ3n) is 5.74. The van der Waals surface area contributed by atoms with Crippen molar-refractivity contribution in [1.82, 2.24) is 9.97 Å². The van der Waals surface area contributed by atoms with E-state index in [9.17, 15) is 13.5 Å². The van der Waals surface area contributed by atoms with Crippen molar-refractivity contribution in [2.24, 2.45) is 0 Å². The molecule has 0 atom stereocenters. The van der Waals surface area contributed by atoms with Crippen LogP contribution in [0.1, 0.15) is 27.8 Å². The summed E-state index contributed by atoms with van der Waals surface area (Å²) in [5.74, 6) is 0.635. The molecule has 0 bridgehead atoms. The summed E-state index contributed by atoms with van der Waals surface area (Å²) in [6.07, 6.45) is 0. The standard InChI is InChI=1S/C29H31N3O6S.K.H/c1-29(2,3)21-14-16-22(17-15-21)39(34,35)32-27-25(38-24-13-9-8-12-23(24)36-4)28(37-19-18-33)31-26(30-27)20-10-6-5-7-11-20;;/h5-17,33H,18-19H2,1-4H3,(H,30,31,32);;/q;+1;-1. The zero-order valence-electron chi connectivity index (χ0n) is 24.2. The molecule has 0 fully saturated rings. The van der Waals surface area contributed by atoms with Crippen molar-refractivity contribution >= 4 is 15.8 Å². The van der Waals surface area contributed by atoms with Gasteiger partial charge in [-0.15, -0.1) is 0 Å². The third kappa shape index (κ3) is 7.82. The molecule has 1 aromatic heterocycles. The molecule has 11 heteroatoms. The Morgan fingerprint density at radius 3 is 2.12 bits per heavy atom. The van der Waals surface area contributed by atoms with Crippen LogP contribution in [0.3, 0.4) is 0 Å². The first kappa shape index (κ1) is 32.0. The smallest absolute Gasteiger partial charge is 1.00 e. The van der Waals surface area contributed by atoms with E-state index in [0.717, 1.165) is 5.56 Å². The van der Waals surface area contributed by atoms with E-state index in [2.05, 4.69) is 35.5 Å². The Labute approximate surface area is 278 Å². The number of anilines is 1. The number of hydrogen-bond acceptors (Lipinski definition) is 8. The minimum Gasteiger partial charge on any atom is -1.00 e. The number of aliphatic hydroxyl groups excluding tert-OH is 1. The molecule has 206 valence electrons. The maximum Gasteiger partial charge on any atom is 1.00 e. The Balaban J connectivity index is 0.00000294. The third-order valence-corrected chi connectivity index (χ3v) is 7.09. The summed E-state index contributed by atoms with van der Waals surface area (Å²) in [6.45, 7) is 5.76. The van der Waals surface area contributed by atoms with E-state index in [0.29, 0.717) is 17.1 Å². The van der Waals surface area contributed by atoms with Crippen LogP contribution in [0.4, 0.5) is 5.82 Å². The molecule has 0 aliphatic heterocycles. The number of nitrogens with one attached hydrogen (secondary N) is 1. The second kappa shape index (κ2) is 13.9. The number of sulfonamides is 1. The molecule has 0 unspecified atom stereocenters. The quantitative estimate of drug-likeness (QED) is 0.271. The van der Waals surface area contributed by atoms with Gasteiger partial charge in [-0.25, -0.2) is 13.4 Å². The fourth-order valence-corrected chi connectivity index (χ4v) is 4.69. The van der Waals surface area contributed by atoms with Gasteiger partial charge >= 0.3 is 51.4 Å². The van der Waals surface area contributed by atoms with Gasteiger partial charge in [0.25, 0.3) is 15.9 Å². The SMILES string of the molecule is COc1ccccc1Oc1c(NS(=O)(=O)c2ccc(C(C)(C)C)cc2)nc(-c2ccccc2)nc1OCCO.[H-].[K+]. The molecule has 4 aromatic rings. The van der Waals surface area contributed by atoms with Crippen LogP contribution in [-0.2, 0) is 15.4 Å². The molecule has 0 radical (unpaired) electrons. The predicted octanol–water partition coefficient (Wildman–Crippen LogP) is 2.53. The molecule has 9 nitrogen and oxygen atoms in total. The van der Waals surface area contributed by atoms with Crippen molar-refractivity contribution in [2.45, 2.75) is 31.1 Å². The molecule has 40 heavy (non-hydrogen) atoms. The number of methoxy groups -OCH3 is 1. The van der Waals surface area contributed by atoms with E-state index in [4.69, 9.17) is 14.2 Å². The molecular weight excluding hydrogens is 557 g/mol. The van der Waals surface area contributed by atoms with Crippen LogP contribution in [-0.4, -0.2) is 43.8 Å². The van der Waals surface area contributed by atoms with Crippen LogP contribution in [0, 0.1) is 0 Å². The van der Waals surface area contributed by atoms with Crippen LogP contribution in [0.5, 0.6) is 23.1 Å². The first-order chi connectivity index (χ1) is 18.6. The van der Waals surface area contributed by atoms with E-state index >= 15 is 0 Å². The number of rotatable bonds is 10. The van der Waals surface area contributed by atoms with E-state index in [1.54, 1.807) is 60.7 Å². The normalized spacial score (nSPS) is 11.3. The number of benzene rings is 3. The number of para-hydroxylation sites is 2. The summed E-state index contributed by atoms with van der Waals surface area (Å²) < 4.78 is 46.8. The Hall–Kier alpha value is -2.51. The molecule has 0 aliphatic carbocycles. The summed E-state index contributed by atoms with van der Waals surface area (Å²) >= 11 is 0. The van der Waals surface area contributed by atoms with Gasteiger partial charge in [0.05, 0.1) is 18.6 Å². The van der Waals surface area contributed by atoms with Crippen LogP contribution in [0.2, 0.25) is 0 Å². The largest absolute Gasteiger partial charge is 1.00 e. The van der Waals surface area contributed by atoms with Crippen LogP contribution >= 0.6 is 0 Å². The van der Waals surface area contributed by atoms with Gasteiger partial charge < -0.3 is 20.7 Å². The maximum atomic E-state index is 13.5. The van der Waals surface area contributed by atoms with Crippen LogP contribution < -0.4 is 70.3 Å². The first-order valence-corrected chi connectivity index (χ1v) is 13.8. The van der Waals surface area contributed by atoms with Crippen molar-refractivity contribution < 1.29 is 80.5 Å². The number of aliphatic hydroxyl groups is 1. The maximum absolute atomic E-state index is 13.5. The summed E-state index contributed by atoms with van der Waals surface area (Å²) in [7, 11) is -2.61. The van der Waals surface area contributed by atoms with E-state index in [-0.39, 0.29) is 99.6 Å². The van der Waals surface area contributed by atoms with E-state index < -0.39 is 10.0 Å². The molecule has 3 aromatic carbocycles. The predicted molar refractivity (Wildman–Crippen MR) is 150 cm³/mol. The monoisotopic (exact) mass is 589 g/mol. The average molecular weight is 590 g/mol. The Morgan fingerprint density at radius 2 is 1.52 bits per heavy atom. The molecule has 2 N–H and O–H groups in total.